The van der Waals surface area contributed by atoms with Crippen molar-refractivity contribution in [3.8, 4) is 11.5 Å². The van der Waals surface area contributed by atoms with Crippen molar-refractivity contribution < 1.29 is 14.6 Å². The quantitative estimate of drug-likeness (QED) is 0.773. The third kappa shape index (κ3) is 3.66. The second kappa shape index (κ2) is 6.49. The number of carbonyl (C=O) groups is 1. The molecule has 0 atom stereocenters. The van der Waals surface area contributed by atoms with Crippen LogP contribution in [0, 0.1) is 0 Å². The number of primary amides is 1. The Kier molecular flexibility index (Phi) is 4.70. The van der Waals surface area contributed by atoms with Gasteiger partial charge in [0.2, 0.25) is 5.91 Å². The van der Waals surface area contributed by atoms with Gasteiger partial charge in [0.15, 0.2) is 11.5 Å². The number of amides is 1. The molecule has 0 aliphatic rings. The van der Waals surface area contributed by atoms with Gasteiger partial charge in [0.1, 0.15) is 0 Å². The monoisotopic (exact) mass is 350 g/mol. The van der Waals surface area contributed by atoms with Gasteiger partial charge in [0.05, 0.1) is 11.6 Å². The number of anilines is 1. The minimum atomic E-state index is -0.465. The Balaban J connectivity index is 2.15. The number of nitrogens with one attached hydrogen (secondary N) is 1. The molecule has 0 unspecified atom stereocenters. The van der Waals surface area contributed by atoms with Gasteiger partial charge in [-0.3, -0.25) is 4.79 Å². The van der Waals surface area contributed by atoms with Crippen LogP contribution in [-0.4, -0.2) is 18.1 Å². The highest BCUT2D eigenvalue weighted by Crippen LogP contribution is 2.35. The van der Waals surface area contributed by atoms with Gasteiger partial charge in [-0.25, -0.2) is 0 Å². The Bertz CT molecular complexity index is 674. The van der Waals surface area contributed by atoms with Crippen molar-refractivity contribution >= 4 is 27.5 Å². The van der Waals surface area contributed by atoms with E-state index in [1.165, 1.54) is 7.11 Å². The Morgan fingerprint density at radius 1 is 1.38 bits per heavy atom. The van der Waals surface area contributed by atoms with Crippen molar-refractivity contribution in [2.24, 2.45) is 5.73 Å². The summed E-state index contributed by atoms with van der Waals surface area (Å²) in [6, 6.07) is 10.5. The first-order chi connectivity index (χ1) is 10.0. The molecule has 0 saturated heterocycles. The molecule has 2 aromatic carbocycles. The van der Waals surface area contributed by atoms with Crippen LogP contribution in [0.4, 0.5) is 5.69 Å². The number of halogens is 1. The number of phenolic OH excluding ortho intramolecular Hbond substituents is 1. The van der Waals surface area contributed by atoms with Crippen molar-refractivity contribution in [2.75, 3.05) is 12.4 Å². The zero-order chi connectivity index (χ0) is 15.4. The summed E-state index contributed by atoms with van der Waals surface area (Å²) in [4.78, 5) is 11.1. The van der Waals surface area contributed by atoms with Crippen molar-refractivity contribution in [2.45, 2.75) is 6.54 Å². The lowest BCUT2D eigenvalue weighted by Crippen LogP contribution is -2.11. The Morgan fingerprint density at radius 3 is 2.81 bits per heavy atom. The summed E-state index contributed by atoms with van der Waals surface area (Å²) < 4.78 is 5.66. The Hall–Kier alpha value is -2.21. The fraction of sp³-hybridized carbons (Fsp3) is 0.133. The zero-order valence-corrected chi connectivity index (χ0v) is 13.0. The van der Waals surface area contributed by atoms with Gasteiger partial charge in [0, 0.05) is 17.8 Å². The molecule has 1 amide bonds. The highest BCUT2D eigenvalue weighted by atomic mass is 79.9. The number of carbonyl (C=O) groups excluding carboxylic acids is 1. The molecule has 6 heteroatoms. The van der Waals surface area contributed by atoms with Gasteiger partial charge >= 0.3 is 0 Å². The molecule has 5 nitrogen and oxygen atoms in total. The van der Waals surface area contributed by atoms with E-state index in [1.807, 2.05) is 6.07 Å². The summed E-state index contributed by atoms with van der Waals surface area (Å²) in [5.41, 5.74) is 7.40. The molecule has 0 saturated carbocycles. The maximum atomic E-state index is 11.1. The van der Waals surface area contributed by atoms with Crippen LogP contribution in [0.5, 0.6) is 11.5 Å². The first-order valence-electron chi connectivity index (χ1n) is 6.20. The summed E-state index contributed by atoms with van der Waals surface area (Å²) in [6.07, 6.45) is 0. The van der Waals surface area contributed by atoms with E-state index in [1.54, 1.807) is 30.3 Å². The molecule has 0 radical (unpaired) electrons. The van der Waals surface area contributed by atoms with Crippen LogP contribution >= 0.6 is 15.9 Å². The molecule has 0 fully saturated rings. The van der Waals surface area contributed by atoms with Crippen LogP contribution in [0.15, 0.2) is 40.9 Å². The maximum Gasteiger partial charge on any atom is 0.248 e. The van der Waals surface area contributed by atoms with Gasteiger partial charge in [-0.05, 0) is 51.8 Å². The third-order valence-electron chi connectivity index (χ3n) is 2.95. The SMILES string of the molecule is COc1cc(CNc2cccc(C(N)=O)c2)cc(Br)c1O. The Morgan fingerprint density at radius 2 is 2.14 bits per heavy atom. The molecule has 0 spiro atoms. The van der Waals surface area contributed by atoms with Crippen LogP contribution in [-0.2, 0) is 6.54 Å². The van der Waals surface area contributed by atoms with Gasteiger partial charge in [-0.2, -0.15) is 0 Å². The second-order valence-corrected chi connectivity index (χ2v) is 5.28. The number of hydrogen-bond donors (Lipinski definition) is 3. The van der Waals surface area contributed by atoms with Gasteiger partial charge in [-0.1, -0.05) is 6.07 Å². The molecule has 110 valence electrons. The number of nitrogens with two attached hydrogens (primary N) is 1. The maximum absolute atomic E-state index is 11.1. The van der Waals surface area contributed by atoms with Gasteiger partial charge in [0.25, 0.3) is 0 Å². The zero-order valence-electron chi connectivity index (χ0n) is 11.4. The third-order valence-corrected chi connectivity index (χ3v) is 3.56. The number of methoxy groups -OCH3 is 1. The summed E-state index contributed by atoms with van der Waals surface area (Å²) in [6.45, 7) is 0.511. The average molecular weight is 351 g/mol. The van der Waals surface area contributed by atoms with Crippen LogP contribution < -0.4 is 15.8 Å². The highest BCUT2D eigenvalue weighted by Gasteiger charge is 2.08. The molecule has 2 aromatic rings. The van der Waals surface area contributed by atoms with Crippen LogP contribution in [0.1, 0.15) is 15.9 Å². The van der Waals surface area contributed by atoms with E-state index >= 15 is 0 Å². The first-order valence-corrected chi connectivity index (χ1v) is 6.99. The fourth-order valence-corrected chi connectivity index (χ4v) is 2.36. The molecular weight excluding hydrogens is 336 g/mol. The normalized spacial score (nSPS) is 10.2. The molecule has 0 aliphatic carbocycles. The van der Waals surface area contributed by atoms with Crippen molar-refractivity contribution in [3.05, 3.63) is 52.0 Å². The lowest BCUT2D eigenvalue weighted by molar-refractivity contribution is 0.100. The van der Waals surface area contributed by atoms with Gasteiger partial charge in [-0.15, -0.1) is 0 Å². The lowest BCUT2D eigenvalue weighted by Gasteiger charge is -2.11. The largest absolute Gasteiger partial charge is 0.503 e. The summed E-state index contributed by atoms with van der Waals surface area (Å²) >= 11 is 3.28. The standard InChI is InChI=1S/C15H15BrN2O3/c1-21-13-6-9(5-12(16)14(13)19)8-18-11-4-2-3-10(7-11)15(17)20/h2-7,18-19H,8H2,1H3,(H2,17,20). The van der Waals surface area contributed by atoms with E-state index in [9.17, 15) is 9.90 Å². The van der Waals surface area contributed by atoms with E-state index in [0.717, 1.165) is 11.3 Å². The molecule has 0 aliphatic heterocycles. The smallest absolute Gasteiger partial charge is 0.248 e. The first kappa shape index (κ1) is 15.2. The molecule has 4 N–H and O–H groups in total. The molecule has 0 bridgehead atoms. The summed E-state index contributed by atoms with van der Waals surface area (Å²) in [5, 5.41) is 12.9. The number of phenols is 1. The predicted molar refractivity (Wildman–Crippen MR) is 84.6 cm³/mol. The highest BCUT2D eigenvalue weighted by molar-refractivity contribution is 9.10. The van der Waals surface area contributed by atoms with Crippen LogP contribution in [0.3, 0.4) is 0 Å². The molecule has 21 heavy (non-hydrogen) atoms. The van der Waals surface area contributed by atoms with Gasteiger partial charge < -0.3 is 20.9 Å². The van der Waals surface area contributed by atoms with Crippen molar-refractivity contribution in [1.29, 1.82) is 0 Å². The summed E-state index contributed by atoms with van der Waals surface area (Å²) in [7, 11) is 1.50. The van der Waals surface area contributed by atoms with Crippen LogP contribution in [0.25, 0.3) is 0 Å². The number of benzene rings is 2. The minimum absolute atomic E-state index is 0.0666. The lowest BCUT2D eigenvalue weighted by atomic mass is 10.1. The minimum Gasteiger partial charge on any atom is -0.503 e. The number of ether oxygens (including phenoxy) is 1. The number of hydrogen-bond acceptors (Lipinski definition) is 4. The molecular formula is C15H15BrN2O3. The van der Waals surface area contributed by atoms with E-state index < -0.39 is 5.91 Å². The van der Waals surface area contributed by atoms with Crippen molar-refractivity contribution in [1.82, 2.24) is 0 Å². The fourth-order valence-electron chi connectivity index (χ4n) is 1.87. The molecule has 2 rings (SSSR count). The Labute approximate surface area is 130 Å². The van der Waals surface area contributed by atoms with E-state index in [-0.39, 0.29) is 5.75 Å². The topological polar surface area (TPSA) is 84.6 Å². The van der Waals surface area contributed by atoms with E-state index in [2.05, 4.69) is 21.2 Å². The van der Waals surface area contributed by atoms with Crippen LogP contribution in [0.2, 0.25) is 0 Å². The van der Waals surface area contributed by atoms with Crippen molar-refractivity contribution in [3.63, 3.8) is 0 Å². The predicted octanol–water partition coefficient (Wildman–Crippen LogP) is 2.87. The molecule has 0 aromatic heterocycles. The number of aromatic hydroxyl groups is 1. The van der Waals surface area contributed by atoms with E-state index in [0.29, 0.717) is 22.3 Å². The summed E-state index contributed by atoms with van der Waals surface area (Å²) in [5.74, 6) is -0.00302. The number of rotatable bonds is 5. The average Bonchev–Trinajstić information content (AvgIpc) is 2.48. The van der Waals surface area contributed by atoms with E-state index in [4.69, 9.17) is 10.5 Å². The second-order valence-electron chi connectivity index (χ2n) is 4.43. The molecule has 0 heterocycles.